The number of rotatable bonds is 8. The maximum absolute atomic E-state index is 12.5. The molecule has 0 aliphatic carbocycles. The van der Waals surface area contributed by atoms with Crippen molar-refractivity contribution in [3.8, 4) is 0 Å². The second-order valence-corrected chi connectivity index (χ2v) is 7.90. The number of sulfonamides is 1. The van der Waals surface area contributed by atoms with Crippen molar-refractivity contribution < 1.29 is 18.1 Å². The Bertz CT molecular complexity index is 916. The fraction of sp³-hybridized carbons (Fsp3) is 0.278. The predicted molar refractivity (Wildman–Crippen MR) is 103 cm³/mol. The van der Waals surface area contributed by atoms with Crippen LogP contribution in [-0.4, -0.2) is 38.1 Å². The predicted octanol–water partition coefficient (Wildman–Crippen LogP) is 2.11. The van der Waals surface area contributed by atoms with Gasteiger partial charge in [0.05, 0.1) is 16.9 Å². The summed E-state index contributed by atoms with van der Waals surface area (Å²) in [7, 11) is -3.83. The van der Waals surface area contributed by atoms with E-state index in [1.54, 1.807) is 0 Å². The van der Waals surface area contributed by atoms with E-state index in [4.69, 9.17) is 0 Å². The molecule has 0 saturated heterocycles. The van der Waals surface area contributed by atoms with Crippen molar-refractivity contribution in [3.63, 3.8) is 0 Å². The Morgan fingerprint density at radius 2 is 1.85 bits per heavy atom. The Balaban J connectivity index is 2.15. The van der Waals surface area contributed by atoms with Crippen molar-refractivity contribution in [2.45, 2.75) is 19.4 Å². The van der Waals surface area contributed by atoms with Crippen molar-refractivity contribution in [1.82, 2.24) is 5.32 Å². The zero-order valence-electron chi connectivity index (χ0n) is 15.0. The van der Waals surface area contributed by atoms with Crippen LogP contribution in [0.5, 0.6) is 0 Å². The van der Waals surface area contributed by atoms with Crippen LogP contribution in [0.25, 0.3) is 0 Å². The molecule has 0 unspecified atom stereocenters. The summed E-state index contributed by atoms with van der Waals surface area (Å²) in [6, 6.07) is 13.7. The monoisotopic (exact) mass is 391 g/mol. The van der Waals surface area contributed by atoms with E-state index in [0.29, 0.717) is 13.0 Å². The minimum atomic E-state index is -3.83. The summed E-state index contributed by atoms with van der Waals surface area (Å²) in [6.45, 7) is 1.79. The Kier molecular flexibility index (Phi) is 6.51. The van der Waals surface area contributed by atoms with Gasteiger partial charge < -0.3 is 5.32 Å². The molecule has 27 heavy (non-hydrogen) atoms. The van der Waals surface area contributed by atoms with Crippen LogP contribution in [0.1, 0.15) is 12.5 Å². The lowest BCUT2D eigenvalue weighted by Gasteiger charge is -2.28. The Labute approximate surface area is 158 Å². The van der Waals surface area contributed by atoms with Crippen LogP contribution in [0.4, 0.5) is 11.4 Å². The first-order valence-corrected chi connectivity index (χ1v) is 10.1. The lowest BCUT2D eigenvalue weighted by atomic mass is 10.1. The summed E-state index contributed by atoms with van der Waals surface area (Å²) in [5.41, 5.74) is 0.861. The maximum Gasteiger partial charge on any atom is 0.271 e. The average molecular weight is 391 g/mol. The number of non-ortho nitro benzene ring substituents is 1. The molecule has 0 heterocycles. The molecule has 0 spiro atoms. The third kappa shape index (κ3) is 5.52. The van der Waals surface area contributed by atoms with Gasteiger partial charge in [-0.15, -0.1) is 0 Å². The number of hydrogen-bond acceptors (Lipinski definition) is 5. The molecule has 8 nitrogen and oxygen atoms in total. The summed E-state index contributed by atoms with van der Waals surface area (Å²) in [4.78, 5) is 22.8. The smallest absolute Gasteiger partial charge is 0.271 e. The number of carbonyl (C=O) groups excluding carboxylic acids is 1. The molecule has 1 atom stereocenters. The number of carbonyl (C=O) groups is 1. The first-order chi connectivity index (χ1) is 12.7. The van der Waals surface area contributed by atoms with Crippen molar-refractivity contribution in [1.29, 1.82) is 0 Å². The molecule has 144 valence electrons. The van der Waals surface area contributed by atoms with Crippen LogP contribution in [0.3, 0.4) is 0 Å². The average Bonchev–Trinajstić information content (AvgIpc) is 2.61. The van der Waals surface area contributed by atoms with Gasteiger partial charge in [0.15, 0.2) is 0 Å². The van der Waals surface area contributed by atoms with Gasteiger partial charge >= 0.3 is 0 Å². The SMILES string of the molecule is C[C@@H](C(=O)NCCc1ccccc1)N(c1cccc([N+](=O)[O-])c1)S(C)(=O)=O. The van der Waals surface area contributed by atoms with Gasteiger partial charge in [0.25, 0.3) is 5.69 Å². The number of benzene rings is 2. The molecule has 1 N–H and O–H groups in total. The van der Waals surface area contributed by atoms with E-state index in [1.807, 2.05) is 30.3 Å². The van der Waals surface area contributed by atoms with Crippen molar-refractivity contribution in [2.24, 2.45) is 0 Å². The third-order valence-corrected chi connectivity index (χ3v) is 5.18. The highest BCUT2D eigenvalue weighted by atomic mass is 32.2. The molecular weight excluding hydrogens is 370 g/mol. The fourth-order valence-electron chi connectivity index (χ4n) is 2.67. The fourth-order valence-corrected chi connectivity index (χ4v) is 3.84. The molecule has 0 fully saturated rings. The minimum absolute atomic E-state index is 0.0670. The lowest BCUT2D eigenvalue weighted by molar-refractivity contribution is -0.384. The Morgan fingerprint density at radius 3 is 2.44 bits per heavy atom. The van der Waals surface area contributed by atoms with Gasteiger partial charge in [-0.05, 0) is 25.0 Å². The molecule has 9 heteroatoms. The highest BCUT2D eigenvalue weighted by molar-refractivity contribution is 7.92. The van der Waals surface area contributed by atoms with Gasteiger partial charge in [-0.25, -0.2) is 8.42 Å². The maximum atomic E-state index is 12.5. The molecule has 0 aromatic heterocycles. The van der Waals surface area contributed by atoms with Gasteiger partial charge in [-0.2, -0.15) is 0 Å². The van der Waals surface area contributed by atoms with E-state index in [1.165, 1.54) is 25.1 Å². The lowest BCUT2D eigenvalue weighted by Crippen LogP contribution is -2.48. The largest absolute Gasteiger partial charge is 0.354 e. The van der Waals surface area contributed by atoms with E-state index in [-0.39, 0.29) is 11.4 Å². The van der Waals surface area contributed by atoms with Gasteiger partial charge in [0.2, 0.25) is 15.9 Å². The van der Waals surface area contributed by atoms with Gasteiger partial charge in [0.1, 0.15) is 6.04 Å². The van der Waals surface area contributed by atoms with Crippen LogP contribution in [-0.2, 0) is 21.2 Å². The second kappa shape index (κ2) is 8.63. The molecule has 0 radical (unpaired) electrons. The zero-order valence-corrected chi connectivity index (χ0v) is 15.8. The Hall–Kier alpha value is -2.94. The highest BCUT2D eigenvalue weighted by Crippen LogP contribution is 2.25. The van der Waals surface area contributed by atoms with E-state index in [9.17, 15) is 23.3 Å². The molecule has 0 bridgehead atoms. The molecule has 0 saturated carbocycles. The topological polar surface area (TPSA) is 110 Å². The number of nitro benzene ring substituents is 1. The number of nitrogens with one attached hydrogen (secondary N) is 1. The summed E-state index contributed by atoms with van der Waals surface area (Å²) in [5, 5.41) is 13.7. The van der Waals surface area contributed by atoms with E-state index in [2.05, 4.69) is 5.32 Å². The van der Waals surface area contributed by atoms with Gasteiger partial charge in [0, 0.05) is 18.7 Å². The van der Waals surface area contributed by atoms with E-state index < -0.39 is 26.9 Å². The number of anilines is 1. The minimum Gasteiger partial charge on any atom is -0.354 e. The third-order valence-electron chi connectivity index (χ3n) is 3.94. The van der Waals surface area contributed by atoms with Crippen molar-refractivity contribution in [3.05, 3.63) is 70.3 Å². The van der Waals surface area contributed by atoms with E-state index in [0.717, 1.165) is 22.2 Å². The van der Waals surface area contributed by atoms with E-state index >= 15 is 0 Å². The molecular formula is C18H21N3O5S. The standard InChI is InChI=1S/C18H21N3O5S/c1-14(18(22)19-12-11-15-7-4-3-5-8-15)20(27(2,25)26)16-9-6-10-17(13-16)21(23)24/h3-10,13-14H,11-12H2,1-2H3,(H,19,22)/t14-/m0/s1. The quantitative estimate of drug-likeness (QED) is 0.547. The van der Waals surface area contributed by atoms with Crippen molar-refractivity contribution >= 4 is 27.3 Å². The van der Waals surface area contributed by atoms with Crippen LogP contribution >= 0.6 is 0 Å². The summed E-state index contributed by atoms with van der Waals surface area (Å²) in [6.07, 6.45) is 1.56. The number of amides is 1. The Morgan fingerprint density at radius 1 is 1.19 bits per heavy atom. The number of nitro groups is 1. The zero-order chi connectivity index (χ0) is 20.0. The van der Waals surface area contributed by atoms with Gasteiger partial charge in [-0.1, -0.05) is 36.4 Å². The van der Waals surface area contributed by atoms with Crippen LogP contribution < -0.4 is 9.62 Å². The molecule has 2 rings (SSSR count). The summed E-state index contributed by atoms with van der Waals surface area (Å²) in [5.74, 6) is -0.483. The van der Waals surface area contributed by atoms with Gasteiger partial charge in [-0.3, -0.25) is 19.2 Å². The second-order valence-electron chi connectivity index (χ2n) is 6.04. The van der Waals surface area contributed by atoms with Crippen LogP contribution in [0, 0.1) is 10.1 Å². The molecule has 2 aromatic rings. The number of hydrogen-bond donors (Lipinski definition) is 1. The summed E-state index contributed by atoms with van der Waals surface area (Å²) >= 11 is 0. The first-order valence-electron chi connectivity index (χ1n) is 8.25. The molecule has 0 aliphatic rings. The normalized spacial score (nSPS) is 12.2. The van der Waals surface area contributed by atoms with Crippen LogP contribution in [0.2, 0.25) is 0 Å². The summed E-state index contributed by atoms with van der Waals surface area (Å²) < 4.78 is 25.3. The highest BCUT2D eigenvalue weighted by Gasteiger charge is 2.29. The van der Waals surface area contributed by atoms with Crippen LogP contribution in [0.15, 0.2) is 54.6 Å². The van der Waals surface area contributed by atoms with Crippen molar-refractivity contribution in [2.75, 3.05) is 17.1 Å². The molecule has 1 amide bonds. The molecule has 2 aromatic carbocycles. The molecule has 0 aliphatic heterocycles. The first kappa shape index (κ1) is 20.4. The number of nitrogens with zero attached hydrogens (tertiary/aromatic N) is 2.